The first kappa shape index (κ1) is 12.9. The lowest BCUT2D eigenvalue weighted by Gasteiger charge is -2.06. The first-order chi connectivity index (χ1) is 8.49. The van der Waals surface area contributed by atoms with Crippen LogP contribution in [0.1, 0.15) is 21.7 Å². The van der Waals surface area contributed by atoms with Crippen LogP contribution in [0.5, 0.6) is 5.75 Å². The van der Waals surface area contributed by atoms with Crippen LogP contribution < -0.4 is 5.32 Å². The van der Waals surface area contributed by atoms with Crippen LogP contribution in [0.25, 0.3) is 0 Å². The fourth-order valence-corrected chi connectivity index (χ4v) is 1.91. The summed E-state index contributed by atoms with van der Waals surface area (Å²) in [5.74, 6) is -0.168. The molecule has 0 spiro atoms. The molecule has 3 N–H and O–H groups in total. The number of hydrogen-bond donors (Lipinski definition) is 3. The molecule has 0 aliphatic heterocycles. The van der Waals surface area contributed by atoms with Crippen molar-refractivity contribution >= 4 is 34.2 Å². The largest absolute Gasteiger partial charge is 0.507 e. The fourth-order valence-electron chi connectivity index (χ4n) is 1.57. The average Bonchev–Trinajstić information content (AvgIpc) is 2.64. The van der Waals surface area contributed by atoms with E-state index in [2.05, 4.69) is 15.5 Å². The number of phenols is 1. The van der Waals surface area contributed by atoms with Crippen molar-refractivity contribution in [2.24, 2.45) is 0 Å². The van der Waals surface area contributed by atoms with Crippen LogP contribution in [0.15, 0.2) is 18.2 Å². The normalized spacial score (nSPS) is 10.4. The van der Waals surface area contributed by atoms with Gasteiger partial charge >= 0.3 is 0 Å². The Labute approximate surface area is 118 Å². The van der Waals surface area contributed by atoms with Gasteiger partial charge in [0.2, 0.25) is 0 Å². The van der Waals surface area contributed by atoms with Gasteiger partial charge in [-0.1, -0.05) is 0 Å². The third-order valence-electron chi connectivity index (χ3n) is 2.57. The van der Waals surface area contributed by atoms with E-state index in [4.69, 9.17) is 0 Å². The van der Waals surface area contributed by atoms with Gasteiger partial charge in [0.05, 0.1) is 20.6 Å². The Morgan fingerprint density at radius 1 is 1.44 bits per heavy atom. The number of aromatic amines is 1. The molecule has 0 saturated heterocycles. The summed E-state index contributed by atoms with van der Waals surface area (Å²) in [5, 5.41) is 19.2. The molecule has 2 aromatic rings. The number of phenolic OH excluding ortho intramolecular Hbond substituents is 1. The van der Waals surface area contributed by atoms with Crippen molar-refractivity contribution in [2.75, 3.05) is 5.32 Å². The number of halogens is 1. The highest BCUT2D eigenvalue weighted by atomic mass is 127. The molecule has 0 aliphatic rings. The maximum absolute atomic E-state index is 12.0. The number of hydrogen-bond acceptors (Lipinski definition) is 3. The molecule has 0 fully saturated rings. The van der Waals surface area contributed by atoms with Crippen molar-refractivity contribution in [3.8, 4) is 5.75 Å². The molecule has 5 nitrogen and oxygen atoms in total. The van der Waals surface area contributed by atoms with Crippen LogP contribution in [0.2, 0.25) is 0 Å². The van der Waals surface area contributed by atoms with Gasteiger partial charge in [0.1, 0.15) is 5.75 Å². The monoisotopic (exact) mass is 357 g/mol. The Hall–Kier alpha value is -1.57. The van der Waals surface area contributed by atoms with Crippen LogP contribution in [0.4, 0.5) is 5.69 Å². The molecule has 18 heavy (non-hydrogen) atoms. The van der Waals surface area contributed by atoms with E-state index in [9.17, 15) is 9.90 Å². The maximum atomic E-state index is 12.0. The number of benzene rings is 1. The second kappa shape index (κ2) is 4.97. The summed E-state index contributed by atoms with van der Waals surface area (Å²) in [6.07, 6.45) is 0. The summed E-state index contributed by atoms with van der Waals surface area (Å²) in [6.45, 7) is 3.64. The molecule has 0 aliphatic carbocycles. The Morgan fingerprint density at radius 3 is 2.72 bits per heavy atom. The average molecular weight is 357 g/mol. The van der Waals surface area contributed by atoms with E-state index in [-0.39, 0.29) is 11.7 Å². The quantitative estimate of drug-likeness (QED) is 0.723. The SMILES string of the molecule is Cc1n[nH]c(C)c1NC(=O)c1ccc(I)c(O)c1. The van der Waals surface area contributed by atoms with Crippen molar-refractivity contribution in [2.45, 2.75) is 13.8 Å². The number of carbonyl (C=O) groups excluding carboxylic acids is 1. The van der Waals surface area contributed by atoms with Gasteiger partial charge in [0.25, 0.3) is 5.91 Å². The number of aromatic nitrogens is 2. The first-order valence-corrected chi connectivity index (χ1v) is 6.38. The van der Waals surface area contributed by atoms with Gasteiger partial charge in [-0.15, -0.1) is 0 Å². The van der Waals surface area contributed by atoms with Crippen molar-refractivity contribution in [1.82, 2.24) is 10.2 Å². The fraction of sp³-hybridized carbons (Fsp3) is 0.167. The van der Waals surface area contributed by atoms with Gasteiger partial charge in [0, 0.05) is 5.56 Å². The second-order valence-electron chi connectivity index (χ2n) is 3.93. The standard InChI is InChI=1S/C12H12IN3O2/c1-6-11(7(2)16-15-6)14-12(18)8-3-4-9(13)10(17)5-8/h3-5,17H,1-2H3,(H,14,18)(H,15,16). The number of H-pyrrole nitrogens is 1. The van der Waals surface area contributed by atoms with Crippen LogP contribution in [-0.4, -0.2) is 21.2 Å². The Kier molecular flexibility index (Phi) is 3.55. The lowest BCUT2D eigenvalue weighted by molar-refractivity contribution is 0.102. The van der Waals surface area contributed by atoms with Crippen molar-refractivity contribution in [3.63, 3.8) is 0 Å². The summed E-state index contributed by atoms with van der Waals surface area (Å²) in [4.78, 5) is 12.0. The molecule has 1 aromatic carbocycles. The molecule has 0 unspecified atom stereocenters. The topological polar surface area (TPSA) is 78.0 Å². The zero-order valence-corrected chi connectivity index (χ0v) is 12.1. The van der Waals surface area contributed by atoms with Gasteiger partial charge in [-0.2, -0.15) is 5.10 Å². The summed E-state index contributed by atoms with van der Waals surface area (Å²) < 4.78 is 0.708. The number of amides is 1. The number of aromatic hydroxyl groups is 1. The summed E-state index contributed by atoms with van der Waals surface area (Å²) >= 11 is 2.00. The highest BCUT2D eigenvalue weighted by Gasteiger charge is 2.13. The highest BCUT2D eigenvalue weighted by molar-refractivity contribution is 14.1. The number of nitrogens with zero attached hydrogens (tertiary/aromatic N) is 1. The lowest BCUT2D eigenvalue weighted by atomic mass is 10.2. The molecule has 1 heterocycles. The highest BCUT2D eigenvalue weighted by Crippen LogP contribution is 2.22. The van der Waals surface area contributed by atoms with E-state index in [0.717, 1.165) is 11.4 Å². The minimum absolute atomic E-state index is 0.101. The smallest absolute Gasteiger partial charge is 0.255 e. The number of nitrogens with one attached hydrogen (secondary N) is 2. The molecular weight excluding hydrogens is 345 g/mol. The number of carbonyl (C=O) groups is 1. The summed E-state index contributed by atoms with van der Waals surface area (Å²) in [7, 11) is 0. The second-order valence-corrected chi connectivity index (χ2v) is 5.09. The van der Waals surface area contributed by atoms with E-state index < -0.39 is 0 Å². The minimum Gasteiger partial charge on any atom is -0.507 e. The summed E-state index contributed by atoms with van der Waals surface area (Å²) in [5.41, 5.74) is 2.62. The van der Waals surface area contributed by atoms with Gasteiger partial charge < -0.3 is 10.4 Å². The number of rotatable bonds is 2. The van der Waals surface area contributed by atoms with Gasteiger partial charge in [-0.25, -0.2) is 0 Å². The van der Waals surface area contributed by atoms with E-state index in [1.807, 2.05) is 36.4 Å². The molecule has 0 saturated carbocycles. The molecule has 1 aromatic heterocycles. The van der Waals surface area contributed by atoms with E-state index in [0.29, 0.717) is 14.8 Å². The molecule has 94 valence electrons. The number of aryl methyl sites for hydroxylation is 2. The van der Waals surface area contributed by atoms with Gasteiger partial charge in [-0.05, 0) is 54.6 Å². The third-order valence-corrected chi connectivity index (χ3v) is 3.49. The maximum Gasteiger partial charge on any atom is 0.255 e. The van der Waals surface area contributed by atoms with E-state index in [1.54, 1.807) is 12.1 Å². The predicted octanol–water partition coefficient (Wildman–Crippen LogP) is 2.59. The Bertz CT molecular complexity index is 588. The van der Waals surface area contributed by atoms with E-state index >= 15 is 0 Å². The molecule has 0 radical (unpaired) electrons. The predicted molar refractivity (Wildman–Crippen MR) is 76.8 cm³/mol. The Balaban J connectivity index is 2.25. The summed E-state index contributed by atoms with van der Waals surface area (Å²) in [6, 6.07) is 4.81. The van der Waals surface area contributed by atoms with Crippen molar-refractivity contribution < 1.29 is 9.90 Å². The zero-order chi connectivity index (χ0) is 13.3. The molecular formula is C12H12IN3O2. The van der Waals surface area contributed by atoms with Crippen LogP contribution in [0, 0.1) is 17.4 Å². The van der Waals surface area contributed by atoms with Gasteiger partial charge in [0.15, 0.2) is 0 Å². The molecule has 0 atom stereocenters. The van der Waals surface area contributed by atoms with Crippen molar-refractivity contribution in [1.29, 1.82) is 0 Å². The molecule has 1 amide bonds. The zero-order valence-electron chi connectivity index (χ0n) is 9.91. The molecule has 2 rings (SSSR count). The van der Waals surface area contributed by atoms with Crippen LogP contribution in [0.3, 0.4) is 0 Å². The van der Waals surface area contributed by atoms with Crippen LogP contribution >= 0.6 is 22.6 Å². The third kappa shape index (κ3) is 2.47. The molecule has 0 bridgehead atoms. The molecule has 6 heteroatoms. The Morgan fingerprint density at radius 2 is 2.17 bits per heavy atom. The van der Waals surface area contributed by atoms with Gasteiger partial charge in [-0.3, -0.25) is 9.89 Å². The number of anilines is 1. The lowest BCUT2D eigenvalue weighted by Crippen LogP contribution is -2.12. The minimum atomic E-state index is -0.269. The first-order valence-electron chi connectivity index (χ1n) is 5.30. The van der Waals surface area contributed by atoms with Crippen molar-refractivity contribution in [3.05, 3.63) is 38.7 Å². The van der Waals surface area contributed by atoms with Crippen LogP contribution in [-0.2, 0) is 0 Å². The van der Waals surface area contributed by atoms with E-state index in [1.165, 1.54) is 6.07 Å².